The highest BCUT2D eigenvalue weighted by Gasteiger charge is 2.27. The van der Waals surface area contributed by atoms with E-state index in [0.29, 0.717) is 36.0 Å². The number of esters is 2. The van der Waals surface area contributed by atoms with E-state index in [2.05, 4.69) is 28.8 Å². The third-order valence-corrected chi connectivity index (χ3v) is 9.48. The van der Waals surface area contributed by atoms with Crippen molar-refractivity contribution in [2.24, 2.45) is 0 Å². The summed E-state index contributed by atoms with van der Waals surface area (Å²) in [6.07, 6.45) is 12.9. The molecule has 266 valence electrons. The first-order valence-corrected chi connectivity index (χ1v) is 18.0. The minimum Gasteiger partial charge on any atom is -0.427 e. The molecular formula is C40H50N4O6. The predicted molar refractivity (Wildman–Crippen MR) is 194 cm³/mol. The molecule has 0 aromatic heterocycles. The summed E-state index contributed by atoms with van der Waals surface area (Å²) >= 11 is 0. The van der Waals surface area contributed by atoms with E-state index >= 15 is 0 Å². The Balaban J connectivity index is 1.33. The summed E-state index contributed by atoms with van der Waals surface area (Å²) < 4.78 is 10.3. The van der Waals surface area contributed by atoms with Crippen LogP contribution in [0.1, 0.15) is 102 Å². The average Bonchev–Trinajstić information content (AvgIpc) is 3.54. The summed E-state index contributed by atoms with van der Waals surface area (Å²) in [5, 5.41) is 6.14. The van der Waals surface area contributed by atoms with Crippen LogP contribution in [0.25, 0.3) is 0 Å². The van der Waals surface area contributed by atoms with Gasteiger partial charge in [-0.25, -0.2) is 9.59 Å². The number of carbonyl (C=O) groups is 4. The molecule has 0 atom stereocenters. The Morgan fingerprint density at radius 3 is 1.26 bits per heavy atom. The zero-order chi connectivity index (χ0) is 35.3. The summed E-state index contributed by atoms with van der Waals surface area (Å²) in [6, 6.07) is 21.8. The van der Waals surface area contributed by atoms with Crippen molar-refractivity contribution in [2.75, 3.05) is 10.6 Å². The average molecular weight is 683 g/mol. The van der Waals surface area contributed by atoms with Gasteiger partial charge in [-0.15, -0.1) is 0 Å². The smallest absolute Gasteiger partial charge is 0.322 e. The van der Waals surface area contributed by atoms with Gasteiger partial charge in [-0.05, 0) is 85.3 Å². The van der Waals surface area contributed by atoms with Crippen molar-refractivity contribution in [1.82, 2.24) is 9.80 Å². The third-order valence-electron chi connectivity index (χ3n) is 9.48. The van der Waals surface area contributed by atoms with Gasteiger partial charge in [0.25, 0.3) is 0 Å². The lowest BCUT2D eigenvalue weighted by molar-refractivity contribution is -0.132. The number of benzene rings is 3. The minimum atomic E-state index is -0.395. The first kappa shape index (κ1) is 36.4. The molecule has 2 aliphatic rings. The van der Waals surface area contributed by atoms with Crippen molar-refractivity contribution in [3.63, 3.8) is 0 Å². The molecule has 5 rings (SSSR count). The highest BCUT2D eigenvalue weighted by molar-refractivity contribution is 5.90. The number of hydrogen-bond donors (Lipinski definition) is 2. The van der Waals surface area contributed by atoms with E-state index in [-0.39, 0.29) is 24.1 Å². The molecule has 0 radical (unpaired) electrons. The predicted octanol–water partition coefficient (Wildman–Crippen LogP) is 9.05. The number of amides is 4. The van der Waals surface area contributed by atoms with Gasteiger partial charge in [0.15, 0.2) is 0 Å². The fourth-order valence-corrected chi connectivity index (χ4v) is 7.03. The Kier molecular flexibility index (Phi) is 13.3. The minimum absolute atomic E-state index is 0.113. The standard InChI is InChI=1S/C40H50N4O6/c1-29(45)49-37-22-18-33(19-23-37)41-39(47)43(35-14-7-3-4-8-15-35)27-31-12-11-13-32(26-31)28-44(36-16-9-5-6-10-17-36)40(48)42-34-20-24-38(25-21-34)50-30(2)46/h11-13,18-26,35-36H,3-10,14-17,27-28H2,1-2H3,(H,41,47)(H,42,48). The van der Waals surface area contributed by atoms with Gasteiger partial charge in [0, 0.05) is 50.4 Å². The monoisotopic (exact) mass is 682 g/mol. The molecule has 4 amide bonds. The molecule has 3 aromatic rings. The van der Waals surface area contributed by atoms with E-state index in [1.165, 1.54) is 39.5 Å². The van der Waals surface area contributed by atoms with E-state index in [9.17, 15) is 19.2 Å². The zero-order valence-corrected chi connectivity index (χ0v) is 29.3. The topological polar surface area (TPSA) is 117 Å². The number of ether oxygens (including phenoxy) is 2. The van der Waals surface area contributed by atoms with Crippen molar-refractivity contribution in [1.29, 1.82) is 0 Å². The molecule has 0 aliphatic heterocycles. The van der Waals surface area contributed by atoms with E-state index in [1.54, 1.807) is 48.5 Å². The van der Waals surface area contributed by atoms with Gasteiger partial charge in [0.1, 0.15) is 11.5 Å². The molecule has 3 aromatic carbocycles. The lowest BCUT2D eigenvalue weighted by Crippen LogP contribution is -2.42. The van der Waals surface area contributed by atoms with Gasteiger partial charge in [-0.3, -0.25) is 9.59 Å². The van der Waals surface area contributed by atoms with Gasteiger partial charge in [-0.1, -0.05) is 75.6 Å². The molecule has 10 nitrogen and oxygen atoms in total. The van der Waals surface area contributed by atoms with Crippen LogP contribution in [-0.4, -0.2) is 45.9 Å². The summed E-state index contributed by atoms with van der Waals surface area (Å²) in [7, 11) is 0. The van der Waals surface area contributed by atoms with Crippen LogP contribution in [0.4, 0.5) is 21.0 Å². The second-order valence-electron chi connectivity index (χ2n) is 13.5. The molecule has 10 heteroatoms. The molecule has 0 saturated heterocycles. The fraction of sp³-hybridized carbons (Fsp3) is 0.450. The van der Waals surface area contributed by atoms with Crippen molar-refractivity contribution in [3.05, 3.63) is 83.9 Å². The van der Waals surface area contributed by atoms with Crippen LogP contribution in [0.2, 0.25) is 0 Å². The maximum atomic E-state index is 13.9. The second kappa shape index (κ2) is 18.2. The SMILES string of the molecule is CC(=O)Oc1ccc(NC(=O)N(Cc2cccc(CN(C(=O)Nc3ccc(OC(C)=O)cc3)C3CCCCCC3)c2)C2CCCCCC2)cc1. The fourth-order valence-electron chi connectivity index (χ4n) is 7.03. The van der Waals surface area contributed by atoms with Gasteiger partial charge >= 0.3 is 24.0 Å². The quantitative estimate of drug-likeness (QED) is 0.125. The summed E-state index contributed by atoms with van der Waals surface area (Å²) in [5.74, 6) is 0.0658. The Morgan fingerprint density at radius 2 is 0.920 bits per heavy atom. The first-order chi connectivity index (χ1) is 24.2. The summed E-state index contributed by atoms with van der Waals surface area (Å²) in [4.78, 5) is 54.3. The van der Waals surface area contributed by atoms with Crippen LogP contribution >= 0.6 is 0 Å². The molecule has 2 N–H and O–H groups in total. The van der Waals surface area contributed by atoms with Gasteiger partial charge < -0.3 is 29.9 Å². The molecule has 50 heavy (non-hydrogen) atoms. The first-order valence-electron chi connectivity index (χ1n) is 18.0. The van der Waals surface area contributed by atoms with Crippen LogP contribution in [0.5, 0.6) is 11.5 Å². The number of nitrogens with zero attached hydrogens (tertiary/aromatic N) is 2. The molecule has 0 unspecified atom stereocenters. The zero-order valence-electron chi connectivity index (χ0n) is 29.3. The van der Waals surface area contributed by atoms with E-state index in [0.717, 1.165) is 62.5 Å². The number of rotatable bonds is 10. The van der Waals surface area contributed by atoms with Gasteiger partial charge in [0.2, 0.25) is 0 Å². The normalized spacial score (nSPS) is 15.6. The van der Waals surface area contributed by atoms with E-state index in [1.807, 2.05) is 15.9 Å². The number of carbonyl (C=O) groups excluding carboxylic acids is 4. The van der Waals surface area contributed by atoms with E-state index < -0.39 is 11.9 Å². The van der Waals surface area contributed by atoms with Crippen molar-refractivity contribution < 1.29 is 28.7 Å². The van der Waals surface area contributed by atoms with Gasteiger partial charge in [0.05, 0.1) is 0 Å². The molecule has 2 aliphatic carbocycles. The van der Waals surface area contributed by atoms with Crippen LogP contribution in [0.15, 0.2) is 72.8 Å². The highest BCUT2D eigenvalue weighted by atomic mass is 16.5. The molecule has 0 heterocycles. The summed E-state index contributed by atoms with van der Waals surface area (Å²) in [5.41, 5.74) is 3.28. The van der Waals surface area contributed by atoms with Crippen LogP contribution in [0.3, 0.4) is 0 Å². The van der Waals surface area contributed by atoms with Crippen molar-refractivity contribution >= 4 is 35.4 Å². The second-order valence-corrected chi connectivity index (χ2v) is 13.5. The number of nitrogens with one attached hydrogen (secondary N) is 2. The van der Waals surface area contributed by atoms with Crippen molar-refractivity contribution in [2.45, 2.75) is 116 Å². The van der Waals surface area contributed by atoms with Gasteiger partial charge in [-0.2, -0.15) is 0 Å². The highest BCUT2D eigenvalue weighted by Crippen LogP contribution is 2.28. The molecular weight excluding hydrogens is 632 g/mol. The summed E-state index contributed by atoms with van der Waals surface area (Å²) in [6.45, 7) is 3.60. The largest absolute Gasteiger partial charge is 0.427 e. The van der Waals surface area contributed by atoms with E-state index in [4.69, 9.17) is 9.47 Å². The Hall–Kier alpha value is -4.86. The Morgan fingerprint density at radius 1 is 0.560 bits per heavy atom. The van der Waals surface area contributed by atoms with Crippen LogP contribution in [-0.2, 0) is 22.7 Å². The molecule has 0 bridgehead atoms. The maximum absolute atomic E-state index is 13.9. The lowest BCUT2D eigenvalue weighted by Gasteiger charge is -2.33. The number of hydrogen-bond acceptors (Lipinski definition) is 6. The molecule has 0 spiro atoms. The lowest BCUT2D eigenvalue weighted by atomic mass is 10.0. The number of anilines is 2. The third kappa shape index (κ3) is 11.1. The van der Waals surface area contributed by atoms with Crippen molar-refractivity contribution in [3.8, 4) is 11.5 Å². The van der Waals surface area contributed by atoms with Crippen LogP contribution in [0, 0.1) is 0 Å². The van der Waals surface area contributed by atoms with Crippen LogP contribution < -0.4 is 20.1 Å². The maximum Gasteiger partial charge on any atom is 0.322 e. The molecule has 2 saturated carbocycles. The Labute approximate surface area is 295 Å². The molecule has 2 fully saturated rings. The Bertz CT molecular complexity index is 1460. The number of urea groups is 2.